The van der Waals surface area contributed by atoms with E-state index in [0.717, 1.165) is 4.70 Å². The molecule has 1 saturated heterocycles. The molecule has 0 radical (unpaired) electrons. The number of thiazole rings is 1. The average molecular weight is 564 g/mol. The minimum absolute atomic E-state index is 0.0319. The van der Waals surface area contributed by atoms with Crippen LogP contribution in [0.1, 0.15) is 37.7 Å². The van der Waals surface area contributed by atoms with Gasteiger partial charge in [0.1, 0.15) is 12.0 Å². The fourth-order valence-corrected chi connectivity index (χ4v) is 6.27. The summed E-state index contributed by atoms with van der Waals surface area (Å²) in [4.78, 5) is 30.2. The molecular formula is C27H28ClF2N3O4S. The standard InChI is InChI=1S/C27H28ClF2N3O4S/c28-21-9-15(1-7-22(21)31-27-32-23-12-17(29)4-8-24(23)38-27)10-25(34)33-13-18(30)11-19(33)14-37-20-5-2-16(3-6-20)26(35)36/h1,4,7-9,12,16,18-20H,2-3,5-6,10-11,13-14H2,(H,31,32)(H,35,36)/t16-,18-,19-,20-/m0/s1. The first-order valence-corrected chi connectivity index (χ1v) is 13.8. The maximum Gasteiger partial charge on any atom is 0.306 e. The number of aliphatic carboxylic acids is 1. The van der Waals surface area contributed by atoms with Gasteiger partial charge < -0.3 is 20.1 Å². The average Bonchev–Trinajstić information content (AvgIpc) is 3.46. The number of rotatable bonds is 8. The van der Waals surface area contributed by atoms with Crippen molar-refractivity contribution in [3.63, 3.8) is 0 Å². The van der Waals surface area contributed by atoms with E-state index in [-0.39, 0.29) is 55.8 Å². The molecule has 7 nitrogen and oxygen atoms in total. The number of nitrogens with zero attached hydrogens (tertiary/aromatic N) is 2. The lowest BCUT2D eigenvalue weighted by atomic mass is 9.87. The Morgan fingerprint density at radius 2 is 1.97 bits per heavy atom. The van der Waals surface area contributed by atoms with Crippen molar-refractivity contribution in [2.45, 2.75) is 56.8 Å². The molecule has 11 heteroatoms. The minimum atomic E-state index is -1.10. The van der Waals surface area contributed by atoms with Crippen molar-refractivity contribution in [3.8, 4) is 0 Å². The SMILES string of the molecule is O=C(Cc1ccc(Nc2nc3cc(F)ccc3s2)c(Cl)c1)N1C[C@@H](F)C[C@H]1CO[C@H]1CC[C@H](C(=O)O)CC1. The number of benzene rings is 2. The van der Waals surface area contributed by atoms with Gasteiger partial charge in [-0.1, -0.05) is 29.0 Å². The number of aromatic nitrogens is 1. The molecule has 1 amide bonds. The number of likely N-dealkylation sites (tertiary alicyclic amines) is 1. The molecule has 1 saturated carbocycles. The third-order valence-electron chi connectivity index (χ3n) is 7.21. The molecule has 0 bridgehead atoms. The zero-order valence-electron chi connectivity index (χ0n) is 20.5. The molecule has 2 heterocycles. The quantitative estimate of drug-likeness (QED) is 0.351. The number of carbonyl (C=O) groups is 2. The lowest BCUT2D eigenvalue weighted by Crippen LogP contribution is -2.40. The highest BCUT2D eigenvalue weighted by Crippen LogP contribution is 2.33. The topological polar surface area (TPSA) is 91.8 Å². The maximum atomic E-state index is 14.3. The molecule has 202 valence electrons. The Labute approximate surface area is 227 Å². The highest BCUT2D eigenvalue weighted by atomic mass is 35.5. The van der Waals surface area contributed by atoms with Gasteiger partial charge in [0.25, 0.3) is 0 Å². The van der Waals surface area contributed by atoms with E-state index < -0.39 is 12.1 Å². The molecule has 2 atom stereocenters. The van der Waals surface area contributed by atoms with Crippen molar-refractivity contribution in [2.24, 2.45) is 5.92 Å². The molecule has 2 aliphatic rings. The van der Waals surface area contributed by atoms with Crippen LogP contribution in [0.5, 0.6) is 0 Å². The Kier molecular flexibility index (Phi) is 8.11. The van der Waals surface area contributed by atoms with E-state index >= 15 is 0 Å². The number of carbonyl (C=O) groups excluding carboxylic acids is 1. The van der Waals surface area contributed by atoms with Crippen LogP contribution in [0.2, 0.25) is 5.02 Å². The Morgan fingerprint density at radius 3 is 2.71 bits per heavy atom. The van der Waals surface area contributed by atoms with Gasteiger partial charge in [0.15, 0.2) is 5.13 Å². The predicted octanol–water partition coefficient (Wildman–Crippen LogP) is 5.97. The van der Waals surface area contributed by atoms with Crippen molar-refractivity contribution >= 4 is 55.8 Å². The van der Waals surface area contributed by atoms with Crippen molar-refractivity contribution in [2.75, 3.05) is 18.5 Å². The lowest BCUT2D eigenvalue weighted by molar-refractivity contribution is -0.144. The van der Waals surface area contributed by atoms with Crippen molar-refractivity contribution < 1.29 is 28.2 Å². The molecule has 1 aliphatic heterocycles. The van der Waals surface area contributed by atoms with Gasteiger partial charge in [0.2, 0.25) is 5.91 Å². The molecule has 5 rings (SSSR count). The highest BCUT2D eigenvalue weighted by Gasteiger charge is 2.36. The van der Waals surface area contributed by atoms with Gasteiger partial charge in [0, 0.05) is 12.5 Å². The molecule has 2 fully saturated rings. The zero-order chi connectivity index (χ0) is 26.8. The van der Waals surface area contributed by atoms with Crippen molar-refractivity contribution in [3.05, 3.63) is 52.8 Å². The largest absolute Gasteiger partial charge is 0.481 e. The fourth-order valence-electron chi connectivity index (χ4n) is 5.16. The number of hydrogen-bond donors (Lipinski definition) is 2. The second kappa shape index (κ2) is 11.5. The normalized spacial score (nSPS) is 23.6. The van der Waals surface area contributed by atoms with E-state index in [1.165, 1.54) is 23.5 Å². The van der Waals surface area contributed by atoms with Gasteiger partial charge in [-0.15, -0.1) is 0 Å². The first kappa shape index (κ1) is 26.8. The second-order valence-electron chi connectivity index (χ2n) is 9.93. The number of anilines is 2. The van der Waals surface area contributed by atoms with E-state index in [9.17, 15) is 18.4 Å². The first-order valence-electron chi connectivity index (χ1n) is 12.6. The zero-order valence-corrected chi connectivity index (χ0v) is 22.1. The van der Waals surface area contributed by atoms with Gasteiger partial charge in [-0.2, -0.15) is 0 Å². The number of carboxylic acid groups (broad SMARTS) is 1. The maximum absolute atomic E-state index is 14.3. The summed E-state index contributed by atoms with van der Waals surface area (Å²) >= 11 is 7.85. The lowest BCUT2D eigenvalue weighted by Gasteiger charge is -2.29. The van der Waals surface area contributed by atoms with Crippen LogP contribution in [0.4, 0.5) is 19.6 Å². The molecule has 2 N–H and O–H groups in total. The Hall–Kier alpha value is -2.82. The van der Waals surface area contributed by atoms with Crippen LogP contribution < -0.4 is 5.32 Å². The van der Waals surface area contributed by atoms with Gasteiger partial charge in [-0.25, -0.2) is 13.8 Å². The third-order valence-corrected chi connectivity index (χ3v) is 8.48. The summed E-state index contributed by atoms with van der Waals surface area (Å²) in [5.74, 6) is -1.64. The van der Waals surface area contributed by atoms with Gasteiger partial charge in [-0.3, -0.25) is 9.59 Å². The first-order chi connectivity index (χ1) is 18.2. The predicted molar refractivity (Wildman–Crippen MR) is 142 cm³/mol. The minimum Gasteiger partial charge on any atom is -0.481 e. The molecule has 2 aromatic carbocycles. The van der Waals surface area contributed by atoms with Crippen LogP contribution in [-0.4, -0.2) is 58.3 Å². The van der Waals surface area contributed by atoms with Crippen LogP contribution >= 0.6 is 22.9 Å². The van der Waals surface area contributed by atoms with Crippen LogP contribution in [0.3, 0.4) is 0 Å². The van der Waals surface area contributed by atoms with Crippen molar-refractivity contribution in [1.82, 2.24) is 9.88 Å². The molecule has 0 spiro atoms. The summed E-state index contributed by atoms with van der Waals surface area (Å²) in [6.07, 6.45) is 1.60. The van der Waals surface area contributed by atoms with Gasteiger partial charge in [0.05, 0.1) is 58.6 Å². The Bertz CT molecular complexity index is 1330. The van der Waals surface area contributed by atoms with Crippen LogP contribution in [0.15, 0.2) is 36.4 Å². The monoisotopic (exact) mass is 563 g/mol. The van der Waals surface area contributed by atoms with E-state index in [4.69, 9.17) is 21.4 Å². The van der Waals surface area contributed by atoms with Crippen LogP contribution in [-0.2, 0) is 20.7 Å². The summed E-state index contributed by atoms with van der Waals surface area (Å²) in [5.41, 5.74) is 1.86. The van der Waals surface area contributed by atoms with E-state index in [2.05, 4.69) is 10.3 Å². The number of amides is 1. The molecule has 1 aromatic heterocycles. The number of carboxylic acids is 1. The van der Waals surface area contributed by atoms with Crippen LogP contribution in [0.25, 0.3) is 10.2 Å². The number of fused-ring (bicyclic) bond motifs is 1. The number of hydrogen-bond acceptors (Lipinski definition) is 6. The highest BCUT2D eigenvalue weighted by molar-refractivity contribution is 7.22. The van der Waals surface area contributed by atoms with E-state index in [1.807, 2.05) is 0 Å². The summed E-state index contributed by atoms with van der Waals surface area (Å²) in [7, 11) is 0. The molecule has 1 aliphatic carbocycles. The smallest absolute Gasteiger partial charge is 0.306 e. The molecule has 3 aromatic rings. The molecule has 38 heavy (non-hydrogen) atoms. The number of halogens is 3. The second-order valence-corrected chi connectivity index (χ2v) is 11.4. The van der Waals surface area contributed by atoms with Crippen molar-refractivity contribution in [1.29, 1.82) is 0 Å². The number of nitrogens with one attached hydrogen (secondary N) is 1. The third kappa shape index (κ3) is 6.24. The van der Waals surface area contributed by atoms with Gasteiger partial charge >= 0.3 is 5.97 Å². The molecular weight excluding hydrogens is 536 g/mol. The van der Waals surface area contributed by atoms with E-state index in [0.29, 0.717) is 52.6 Å². The van der Waals surface area contributed by atoms with E-state index in [1.54, 1.807) is 29.2 Å². The van der Waals surface area contributed by atoms with Gasteiger partial charge in [-0.05, 0) is 55.5 Å². The Balaban J connectivity index is 1.17. The van der Waals surface area contributed by atoms with Crippen LogP contribution in [0, 0.1) is 11.7 Å². The Morgan fingerprint density at radius 1 is 1.18 bits per heavy atom. The summed E-state index contributed by atoms with van der Waals surface area (Å²) in [6, 6.07) is 9.32. The summed E-state index contributed by atoms with van der Waals surface area (Å²) < 4.78 is 34.6. The number of ether oxygens (including phenoxy) is 1. The fraction of sp³-hybridized carbons (Fsp3) is 0.444. The molecule has 0 unspecified atom stereocenters. The number of alkyl halides is 1. The summed E-state index contributed by atoms with van der Waals surface area (Å²) in [5, 5.41) is 13.3. The summed E-state index contributed by atoms with van der Waals surface area (Å²) in [6.45, 7) is 0.272.